The van der Waals surface area contributed by atoms with Gasteiger partial charge in [0, 0.05) is 32.0 Å². The van der Waals surface area contributed by atoms with Crippen LogP contribution in [0.4, 0.5) is 0 Å². The molecule has 2 aromatic rings. The second kappa shape index (κ2) is 8.79. The predicted molar refractivity (Wildman–Crippen MR) is 101 cm³/mol. The molecular weight excluding hydrogens is 346 g/mol. The Balaban J connectivity index is 1.67. The number of ether oxygens (including phenoxy) is 3. The van der Waals surface area contributed by atoms with Crippen molar-refractivity contribution in [2.24, 2.45) is 5.92 Å². The first-order chi connectivity index (χ1) is 13.1. The Bertz CT molecular complexity index is 736. The standard InChI is InChI=1S/C20H27N3O4/c1-25-17-9-16(10-18(26-2)20(17)27-3)11-19(24)23-7-4-5-15(13-23)12-22-8-6-21-14-22/h6,8-10,14-15H,4-5,7,11-13H2,1-3H3/t15-/m1/s1. The zero-order valence-electron chi connectivity index (χ0n) is 16.2. The Kier molecular flexibility index (Phi) is 6.21. The van der Waals surface area contributed by atoms with Crippen molar-refractivity contribution < 1.29 is 19.0 Å². The van der Waals surface area contributed by atoms with E-state index in [0.717, 1.165) is 38.0 Å². The van der Waals surface area contributed by atoms with Gasteiger partial charge in [0.05, 0.1) is 34.1 Å². The van der Waals surface area contributed by atoms with E-state index in [1.165, 1.54) is 0 Å². The molecule has 1 aromatic heterocycles. The van der Waals surface area contributed by atoms with E-state index in [0.29, 0.717) is 29.6 Å². The monoisotopic (exact) mass is 373 g/mol. The molecular formula is C20H27N3O4. The van der Waals surface area contributed by atoms with Gasteiger partial charge in [-0.15, -0.1) is 0 Å². The Morgan fingerprint density at radius 1 is 1.19 bits per heavy atom. The van der Waals surface area contributed by atoms with E-state index in [-0.39, 0.29) is 5.91 Å². The molecule has 1 atom stereocenters. The lowest BCUT2D eigenvalue weighted by Crippen LogP contribution is -2.41. The smallest absolute Gasteiger partial charge is 0.227 e. The van der Waals surface area contributed by atoms with E-state index in [2.05, 4.69) is 9.55 Å². The molecule has 1 saturated heterocycles. The van der Waals surface area contributed by atoms with Gasteiger partial charge in [0.25, 0.3) is 0 Å². The highest BCUT2D eigenvalue weighted by Crippen LogP contribution is 2.38. The average Bonchev–Trinajstić information content (AvgIpc) is 3.20. The lowest BCUT2D eigenvalue weighted by atomic mass is 9.97. The van der Waals surface area contributed by atoms with Gasteiger partial charge in [0.2, 0.25) is 11.7 Å². The number of methoxy groups -OCH3 is 3. The van der Waals surface area contributed by atoms with Crippen LogP contribution in [0.3, 0.4) is 0 Å². The van der Waals surface area contributed by atoms with E-state index < -0.39 is 0 Å². The number of carbonyl (C=O) groups is 1. The number of likely N-dealkylation sites (tertiary alicyclic amines) is 1. The van der Waals surface area contributed by atoms with Gasteiger partial charge in [-0.05, 0) is 36.5 Å². The van der Waals surface area contributed by atoms with Crippen LogP contribution < -0.4 is 14.2 Å². The molecule has 27 heavy (non-hydrogen) atoms. The van der Waals surface area contributed by atoms with Gasteiger partial charge in [0.15, 0.2) is 11.5 Å². The summed E-state index contributed by atoms with van der Waals surface area (Å²) in [6.45, 7) is 2.49. The van der Waals surface area contributed by atoms with Gasteiger partial charge in [-0.3, -0.25) is 4.79 Å². The quantitative estimate of drug-likeness (QED) is 0.746. The van der Waals surface area contributed by atoms with Crippen molar-refractivity contribution in [3.8, 4) is 17.2 Å². The van der Waals surface area contributed by atoms with Gasteiger partial charge in [-0.2, -0.15) is 0 Å². The van der Waals surface area contributed by atoms with Crippen molar-refractivity contribution in [1.29, 1.82) is 0 Å². The summed E-state index contributed by atoms with van der Waals surface area (Å²) in [5.74, 6) is 2.25. The third-order valence-electron chi connectivity index (χ3n) is 4.98. The van der Waals surface area contributed by atoms with Crippen LogP contribution in [0, 0.1) is 5.92 Å². The van der Waals surface area contributed by atoms with Crippen molar-refractivity contribution in [3.63, 3.8) is 0 Å². The van der Waals surface area contributed by atoms with Gasteiger partial charge in [-0.25, -0.2) is 4.98 Å². The summed E-state index contributed by atoms with van der Waals surface area (Å²) < 4.78 is 18.2. The number of rotatable bonds is 7. The Labute approximate surface area is 159 Å². The molecule has 1 aliphatic heterocycles. The van der Waals surface area contributed by atoms with Crippen LogP contribution in [0.5, 0.6) is 17.2 Å². The number of hydrogen-bond donors (Lipinski definition) is 0. The number of hydrogen-bond acceptors (Lipinski definition) is 5. The SMILES string of the molecule is COc1cc(CC(=O)N2CCC[C@H](Cn3ccnc3)C2)cc(OC)c1OC. The van der Waals surface area contributed by atoms with Gasteiger partial charge < -0.3 is 23.7 Å². The summed E-state index contributed by atoms with van der Waals surface area (Å²) in [6.07, 6.45) is 8.06. The topological polar surface area (TPSA) is 65.8 Å². The Morgan fingerprint density at radius 2 is 1.93 bits per heavy atom. The maximum absolute atomic E-state index is 12.9. The maximum atomic E-state index is 12.9. The highest BCUT2D eigenvalue weighted by Gasteiger charge is 2.24. The van der Waals surface area contributed by atoms with Crippen LogP contribution >= 0.6 is 0 Å². The molecule has 7 heteroatoms. The average molecular weight is 373 g/mol. The second-order valence-electron chi connectivity index (χ2n) is 6.82. The second-order valence-corrected chi connectivity index (χ2v) is 6.82. The van der Waals surface area contributed by atoms with Crippen LogP contribution in [0.1, 0.15) is 18.4 Å². The minimum atomic E-state index is 0.125. The number of carbonyl (C=O) groups excluding carboxylic acids is 1. The van der Waals surface area contributed by atoms with Crippen molar-refractivity contribution in [3.05, 3.63) is 36.4 Å². The first-order valence-corrected chi connectivity index (χ1v) is 9.17. The largest absolute Gasteiger partial charge is 0.493 e. The van der Waals surface area contributed by atoms with Crippen LogP contribution in [0.15, 0.2) is 30.9 Å². The normalized spacial score (nSPS) is 16.9. The van der Waals surface area contributed by atoms with Gasteiger partial charge in [0.1, 0.15) is 0 Å². The maximum Gasteiger partial charge on any atom is 0.227 e. The highest BCUT2D eigenvalue weighted by molar-refractivity contribution is 5.79. The molecule has 1 fully saturated rings. The predicted octanol–water partition coefficient (Wildman–Crippen LogP) is 2.39. The third-order valence-corrected chi connectivity index (χ3v) is 4.98. The minimum Gasteiger partial charge on any atom is -0.493 e. The summed E-state index contributed by atoms with van der Waals surface area (Å²) in [4.78, 5) is 18.9. The number of imidazole rings is 1. The number of amides is 1. The summed E-state index contributed by atoms with van der Waals surface area (Å²) in [5.41, 5.74) is 0.853. The zero-order valence-corrected chi connectivity index (χ0v) is 16.2. The lowest BCUT2D eigenvalue weighted by molar-refractivity contribution is -0.132. The van der Waals surface area contributed by atoms with Crippen LogP contribution in [-0.2, 0) is 17.8 Å². The molecule has 0 bridgehead atoms. The highest BCUT2D eigenvalue weighted by atomic mass is 16.5. The summed E-state index contributed by atoms with van der Waals surface area (Å²) in [6, 6.07) is 3.68. The fourth-order valence-electron chi connectivity index (χ4n) is 3.66. The molecule has 0 saturated carbocycles. The molecule has 0 radical (unpaired) electrons. The number of piperidine rings is 1. The molecule has 7 nitrogen and oxygen atoms in total. The van der Waals surface area contributed by atoms with Crippen molar-refractivity contribution in [2.75, 3.05) is 34.4 Å². The molecule has 1 aliphatic rings. The molecule has 3 rings (SSSR count). The summed E-state index contributed by atoms with van der Waals surface area (Å²) >= 11 is 0. The summed E-state index contributed by atoms with van der Waals surface area (Å²) in [5, 5.41) is 0. The molecule has 0 N–H and O–H groups in total. The van der Waals surface area contributed by atoms with Gasteiger partial charge >= 0.3 is 0 Å². The van der Waals surface area contributed by atoms with E-state index in [9.17, 15) is 4.79 Å². The Morgan fingerprint density at radius 3 is 2.52 bits per heavy atom. The molecule has 2 heterocycles. The molecule has 1 amide bonds. The van der Waals surface area contributed by atoms with Crippen LogP contribution in [0.25, 0.3) is 0 Å². The zero-order chi connectivity index (χ0) is 19.2. The number of benzene rings is 1. The number of aromatic nitrogens is 2. The molecule has 1 aromatic carbocycles. The van der Waals surface area contributed by atoms with Gasteiger partial charge in [-0.1, -0.05) is 0 Å². The Hall–Kier alpha value is -2.70. The van der Waals surface area contributed by atoms with E-state index in [1.54, 1.807) is 27.5 Å². The molecule has 0 unspecified atom stereocenters. The van der Waals surface area contributed by atoms with Crippen LogP contribution in [-0.4, -0.2) is 54.8 Å². The molecule has 0 aliphatic carbocycles. The first-order valence-electron chi connectivity index (χ1n) is 9.17. The minimum absolute atomic E-state index is 0.125. The molecule has 0 spiro atoms. The third kappa shape index (κ3) is 4.53. The van der Waals surface area contributed by atoms with Crippen molar-refractivity contribution in [1.82, 2.24) is 14.5 Å². The van der Waals surface area contributed by atoms with E-state index in [1.807, 2.05) is 29.6 Å². The lowest BCUT2D eigenvalue weighted by Gasteiger charge is -2.33. The summed E-state index contributed by atoms with van der Waals surface area (Å²) in [7, 11) is 4.72. The van der Waals surface area contributed by atoms with E-state index >= 15 is 0 Å². The van der Waals surface area contributed by atoms with Crippen LogP contribution in [0.2, 0.25) is 0 Å². The van der Waals surface area contributed by atoms with Crippen molar-refractivity contribution >= 4 is 5.91 Å². The van der Waals surface area contributed by atoms with E-state index in [4.69, 9.17) is 14.2 Å². The fraction of sp³-hybridized carbons (Fsp3) is 0.500. The molecule has 146 valence electrons. The first kappa shape index (κ1) is 19.1. The number of nitrogens with zero attached hydrogens (tertiary/aromatic N) is 3. The van der Waals surface area contributed by atoms with Crippen molar-refractivity contribution in [2.45, 2.75) is 25.8 Å². The fourth-order valence-corrected chi connectivity index (χ4v) is 3.66.